The van der Waals surface area contributed by atoms with Crippen molar-refractivity contribution in [2.75, 3.05) is 13.2 Å². The van der Waals surface area contributed by atoms with Crippen LogP contribution in [0.3, 0.4) is 0 Å². The first-order valence-electron chi connectivity index (χ1n) is 3.77. The van der Waals surface area contributed by atoms with Crippen LogP contribution in [0, 0.1) is 0 Å². The molecule has 0 aromatic rings. The summed E-state index contributed by atoms with van der Waals surface area (Å²) in [5, 5.41) is 16.1. The van der Waals surface area contributed by atoms with E-state index in [9.17, 15) is 0 Å². The number of aliphatic hydroxyl groups excluding tert-OH is 2. The van der Waals surface area contributed by atoms with Crippen molar-refractivity contribution >= 4 is 0 Å². The lowest BCUT2D eigenvalue weighted by Crippen LogP contribution is -1.73. The van der Waals surface area contributed by atoms with E-state index < -0.39 is 0 Å². The van der Waals surface area contributed by atoms with Gasteiger partial charge >= 0.3 is 0 Å². The number of hydrogen-bond acceptors (Lipinski definition) is 2. The highest BCUT2D eigenvalue weighted by atomic mass is 16.3. The van der Waals surface area contributed by atoms with Crippen LogP contribution < -0.4 is 0 Å². The zero-order valence-electron chi connectivity index (χ0n) is 7.16. The molecule has 0 radical (unpaired) electrons. The van der Waals surface area contributed by atoms with Crippen LogP contribution in [0.4, 0.5) is 0 Å². The molecule has 0 heterocycles. The van der Waals surface area contributed by atoms with Crippen molar-refractivity contribution in [1.82, 2.24) is 0 Å². The SMILES string of the molecule is C/C=C/CCO.C=CCCO. The van der Waals surface area contributed by atoms with E-state index in [1.807, 2.05) is 19.1 Å². The minimum absolute atomic E-state index is 0.226. The Morgan fingerprint density at radius 3 is 1.82 bits per heavy atom. The van der Waals surface area contributed by atoms with Crippen molar-refractivity contribution in [2.24, 2.45) is 0 Å². The largest absolute Gasteiger partial charge is 0.396 e. The minimum atomic E-state index is 0.226. The van der Waals surface area contributed by atoms with Crippen LogP contribution in [0.2, 0.25) is 0 Å². The molecule has 0 amide bonds. The Labute approximate surface area is 68.9 Å². The van der Waals surface area contributed by atoms with Gasteiger partial charge in [0, 0.05) is 13.2 Å². The van der Waals surface area contributed by atoms with Crippen molar-refractivity contribution in [3.05, 3.63) is 24.8 Å². The highest BCUT2D eigenvalue weighted by Crippen LogP contribution is 1.75. The van der Waals surface area contributed by atoms with E-state index in [2.05, 4.69) is 6.58 Å². The molecule has 66 valence electrons. The number of hydrogen-bond donors (Lipinski definition) is 2. The van der Waals surface area contributed by atoms with Crippen molar-refractivity contribution in [2.45, 2.75) is 19.8 Å². The smallest absolute Gasteiger partial charge is 0.0465 e. The molecule has 0 saturated carbocycles. The molecule has 2 heteroatoms. The van der Waals surface area contributed by atoms with Gasteiger partial charge in [-0.1, -0.05) is 18.2 Å². The van der Waals surface area contributed by atoms with Gasteiger partial charge in [0.1, 0.15) is 0 Å². The van der Waals surface area contributed by atoms with Gasteiger partial charge in [0.2, 0.25) is 0 Å². The highest BCUT2D eigenvalue weighted by molar-refractivity contribution is 4.75. The summed E-state index contributed by atoms with van der Waals surface area (Å²) in [6.45, 7) is 5.82. The van der Waals surface area contributed by atoms with Gasteiger partial charge in [0.15, 0.2) is 0 Å². The van der Waals surface area contributed by atoms with E-state index in [0.717, 1.165) is 6.42 Å². The van der Waals surface area contributed by atoms with Crippen LogP contribution in [0.5, 0.6) is 0 Å². The Hall–Kier alpha value is -0.600. The van der Waals surface area contributed by atoms with Gasteiger partial charge in [-0.25, -0.2) is 0 Å². The average molecular weight is 158 g/mol. The second-order valence-corrected chi connectivity index (χ2v) is 1.88. The van der Waals surface area contributed by atoms with Gasteiger partial charge in [0.25, 0.3) is 0 Å². The summed E-state index contributed by atoms with van der Waals surface area (Å²) in [6, 6.07) is 0. The molecule has 0 aliphatic carbocycles. The lowest BCUT2D eigenvalue weighted by atomic mass is 10.4. The van der Waals surface area contributed by atoms with E-state index >= 15 is 0 Å². The molecule has 0 saturated heterocycles. The molecule has 0 aromatic carbocycles. The van der Waals surface area contributed by atoms with Crippen molar-refractivity contribution in [1.29, 1.82) is 0 Å². The summed E-state index contributed by atoms with van der Waals surface area (Å²) in [6.07, 6.45) is 7.03. The minimum Gasteiger partial charge on any atom is -0.396 e. The maximum atomic E-state index is 8.15. The summed E-state index contributed by atoms with van der Waals surface area (Å²) in [7, 11) is 0. The predicted molar refractivity (Wildman–Crippen MR) is 48.4 cm³/mol. The van der Waals surface area contributed by atoms with Gasteiger partial charge in [-0.05, 0) is 19.8 Å². The van der Waals surface area contributed by atoms with E-state index in [1.165, 1.54) is 0 Å². The quantitative estimate of drug-likeness (QED) is 0.609. The predicted octanol–water partition coefficient (Wildman–Crippen LogP) is 1.50. The normalized spacial score (nSPS) is 9.00. The Bertz CT molecular complexity index is 87.6. The standard InChI is InChI=1S/C5H10O.C4H8O/c1-2-3-4-5-6;1-2-3-4-5/h2-3,6H,4-5H2,1H3;2,5H,1,3-4H2/b3-2+;. The van der Waals surface area contributed by atoms with Crippen molar-refractivity contribution in [3.63, 3.8) is 0 Å². The van der Waals surface area contributed by atoms with Crippen LogP contribution >= 0.6 is 0 Å². The molecule has 2 nitrogen and oxygen atoms in total. The highest BCUT2D eigenvalue weighted by Gasteiger charge is 1.65. The molecule has 0 unspecified atom stereocenters. The van der Waals surface area contributed by atoms with E-state index in [4.69, 9.17) is 10.2 Å². The van der Waals surface area contributed by atoms with Crippen molar-refractivity contribution in [3.8, 4) is 0 Å². The third kappa shape index (κ3) is 26.6. The molecule has 0 atom stereocenters. The zero-order valence-corrected chi connectivity index (χ0v) is 7.16. The van der Waals surface area contributed by atoms with E-state index in [1.54, 1.807) is 6.08 Å². The second-order valence-electron chi connectivity index (χ2n) is 1.88. The fraction of sp³-hybridized carbons (Fsp3) is 0.556. The summed E-state index contributed by atoms with van der Waals surface area (Å²) >= 11 is 0. The first-order chi connectivity index (χ1) is 5.33. The summed E-state index contributed by atoms with van der Waals surface area (Å²) < 4.78 is 0. The van der Waals surface area contributed by atoms with Gasteiger partial charge in [0.05, 0.1) is 0 Å². The fourth-order valence-corrected chi connectivity index (χ4v) is 0.332. The topological polar surface area (TPSA) is 40.5 Å². The molecule has 0 aliphatic heterocycles. The molecular weight excluding hydrogens is 140 g/mol. The maximum absolute atomic E-state index is 8.15. The first-order valence-corrected chi connectivity index (χ1v) is 3.77. The van der Waals surface area contributed by atoms with Crippen LogP contribution in [0.25, 0.3) is 0 Å². The number of rotatable bonds is 4. The van der Waals surface area contributed by atoms with Crippen molar-refractivity contribution < 1.29 is 10.2 Å². The molecule has 0 fully saturated rings. The zero-order chi connectivity index (χ0) is 8.95. The lowest BCUT2D eigenvalue weighted by molar-refractivity contribution is 0.302. The Morgan fingerprint density at radius 1 is 1.18 bits per heavy atom. The fourth-order valence-electron chi connectivity index (χ4n) is 0.332. The van der Waals surface area contributed by atoms with Crippen LogP contribution in [-0.4, -0.2) is 23.4 Å². The second kappa shape index (κ2) is 16.2. The molecule has 2 N–H and O–H groups in total. The molecule has 0 spiro atoms. The third-order valence-corrected chi connectivity index (χ3v) is 0.865. The van der Waals surface area contributed by atoms with Crippen LogP contribution in [0.15, 0.2) is 24.8 Å². The van der Waals surface area contributed by atoms with Crippen LogP contribution in [-0.2, 0) is 0 Å². The van der Waals surface area contributed by atoms with Gasteiger partial charge < -0.3 is 10.2 Å². The first kappa shape index (κ1) is 13.0. The van der Waals surface area contributed by atoms with Crippen LogP contribution in [0.1, 0.15) is 19.8 Å². The summed E-state index contributed by atoms with van der Waals surface area (Å²) in [4.78, 5) is 0. The Kier molecular flexibility index (Phi) is 19.2. The summed E-state index contributed by atoms with van der Waals surface area (Å²) in [5.74, 6) is 0. The average Bonchev–Trinajstić information content (AvgIpc) is 2.04. The lowest BCUT2D eigenvalue weighted by Gasteiger charge is -1.76. The monoisotopic (exact) mass is 158 g/mol. The van der Waals surface area contributed by atoms with E-state index in [0.29, 0.717) is 6.42 Å². The Morgan fingerprint density at radius 2 is 1.73 bits per heavy atom. The Balaban J connectivity index is 0. The molecule has 0 aliphatic rings. The molecule has 11 heavy (non-hydrogen) atoms. The number of aliphatic hydroxyl groups is 2. The molecular formula is C9H18O2. The van der Waals surface area contributed by atoms with Gasteiger partial charge in [-0.3, -0.25) is 0 Å². The molecule has 0 rings (SSSR count). The summed E-state index contributed by atoms with van der Waals surface area (Å²) in [5.41, 5.74) is 0. The number of allylic oxidation sites excluding steroid dienone is 1. The molecule has 0 aromatic heterocycles. The van der Waals surface area contributed by atoms with Gasteiger partial charge in [-0.2, -0.15) is 0 Å². The van der Waals surface area contributed by atoms with E-state index in [-0.39, 0.29) is 13.2 Å². The third-order valence-electron chi connectivity index (χ3n) is 0.865. The molecule has 0 bridgehead atoms. The maximum Gasteiger partial charge on any atom is 0.0465 e. The van der Waals surface area contributed by atoms with Gasteiger partial charge in [-0.15, -0.1) is 6.58 Å².